The predicted octanol–water partition coefficient (Wildman–Crippen LogP) is 3.36. The van der Waals surface area contributed by atoms with Gasteiger partial charge in [-0.25, -0.2) is 0 Å². The van der Waals surface area contributed by atoms with Crippen molar-refractivity contribution in [1.29, 1.82) is 0 Å². The van der Waals surface area contributed by atoms with Gasteiger partial charge in [-0.05, 0) is 44.6 Å². The lowest BCUT2D eigenvalue weighted by Gasteiger charge is -2.35. The highest BCUT2D eigenvalue weighted by molar-refractivity contribution is 5.82. The topological polar surface area (TPSA) is 85.5 Å². The number of nitrogens with zero attached hydrogens (tertiary/aromatic N) is 4. The highest BCUT2D eigenvalue weighted by Gasteiger charge is 2.28. The largest absolute Gasteiger partial charge is 0.490 e. The number of ether oxygens (including phenoxy) is 1. The van der Waals surface area contributed by atoms with Crippen molar-refractivity contribution in [2.75, 3.05) is 31.6 Å². The molecule has 2 aliphatic heterocycles. The summed E-state index contributed by atoms with van der Waals surface area (Å²) in [5.41, 5.74) is 2.68. The van der Waals surface area contributed by atoms with Crippen LogP contribution >= 0.6 is 0 Å². The molecule has 4 rings (SSSR count). The lowest BCUT2D eigenvalue weighted by molar-refractivity contribution is -0.385. The average Bonchev–Trinajstić information content (AvgIpc) is 3.39. The fraction of sp³-hybridized carbons (Fsp3) is 0.571. The van der Waals surface area contributed by atoms with Gasteiger partial charge in [-0.1, -0.05) is 0 Å². The molecule has 0 bridgehead atoms. The molecule has 8 heteroatoms. The van der Waals surface area contributed by atoms with Crippen LogP contribution in [0.1, 0.15) is 32.1 Å². The third-order valence-corrected chi connectivity index (χ3v) is 6.25. The van der Waals surface area contributed by atoms with Gasteiger partial charge in [-0.2, -0.15) is 5.10 Å². The number of piperidine rings is 1. The Labute approximate surface area is 171 Å². The number of aryl methyl sites for hydroxylation is 1. The van der Waals surface area contributed by atoms with Crippen LogP contribution in [-0.4, -0.2) is 47.5 Å². The maximum Gasteiger partial charge on any atom is 0.311 e. The summed E-state index contributed by atoms with van der Waals surface area (Å²) in [4.78, 5) is 13.5. The summed E-state index contributed by atoms with van der Waals surface area (Å²) in [6.45, 7) is 3.05. The van der Waals surface area contributed by atoms with Gasteiger partial charge in [0.15, 0.2) is 5.75 Å². The molecule has 0 amide bonds. The van der Waals surface area contributed by atoms with E-state index in [9.17, 15) is 10.1 Å². The summed E-state index contributed by atoms with van der Waals surface area (Å²) in [7, 11) is 3.33. The molecule has 156 valence electrons. The molecule has 3 heterocycles. The second-order valence-electron chi connectivity index (χ2n) is 8.16. The average molecular weight is 399 g/mol. The molecule has 1 unspecified atom stereocenters. The van der Waals surface area contributed by atoms with Crippen LogP contribution in [0.5, 0.6) is 5.75 Å². The third kappa shape index (κ3) is 4.22. The van der Waals surface area contributed by atoms with Crippen molar-refractivity contribution in [1.82, 2.24) is 15.1 Å². The first-order valence-corrected chi connectivity index (χ1v) is 10.4. The van der Waals surface area contributed by atoms with Gasteiger partial charge in [-0.3, -0.25) is 14.8 Å². The Bertz CT molecular complexity index is 867. The Morgan fingerprint density at radius 1 is 1.31 bits per heavy atom. The van der Waals surface area contributed by atoms with Crippen LogP contribution < -0.4 is 15.0 Å². The smallest absolute Gasteiger partial charge is 0.311 e. The number of anilines is 1. The number of hydrogen-bond acceptors (Lipinski definition) is 6. The minimum Gasteiger partial charge on any atom is -0.490 e. The van der Waals surface area contributed by atoms with Gasteiger partial charge in [0.25, 0.3) is 0 Å². The van der Waals surface area contributed by atoms with Gasteiger partial charge in [0.2, 0.25) is 0 Å². The van der Waals surface area contributed by atoms with E-state index in [1.807, 2.05) is 19.3 Å². The second kappa shape index (κ2) is 8.41. The number of aromatic nitrogens is 2. The number of benzene rings is 1. The molecule has 2 aromatic rings. The molecule has 1 N–H and O–H groups in total. The number of methoxy groups -OCH3 is 1. The van der Waals surface area contributed by atoms with Crippen LogP contribution in [0.25, 0.3) is 11.1 Å². The van der Waals surface area contributed by atoms with E-state index in [4.69, 9.17) is 4.74 Å². The fourth-order valence-corrected chi connectivity index (χ4v) is 4.69. The molecule has 1 aromatic carbocycles. The lowest BCUT2D eigenvalue weighted by atomic mass is 9.89. The molecule has 0 aliphatic carbocycles. The zero-order valence-corrected chi connectivity index (χ0v) is 17.1. The van der Waals surface area contributed by atoms with E-state index in [1.54, 1.807) is 16.9 Å². The molecular weight excluding hydrogens is 370 g/mol. The summed E-state index contributed by atoms with van der Waals surface area (Å²) in [6.07, 6.45) is 9.79. The molecule has 0 spiro atoms. The van der Waals surface area contributed by atoms with Crippen molar-refractivity contribution in [3.63, 3.8) is 0 Å². The number of nitro groups is 1. The first kappa shape index (κ1) is 19.7. The molecule has 2 fully saturated rings. The van der Waals surface area contributed by atoms with Crippen LogP contribution in [0.2, 0.25) is 0 Å². The Morgan fingerprint density at radius 2 is 2.10 bits per heavy atom. The quantitative estimate of drug-likeness (QED) is 0.592. The Morgan fingerprint density at radius 3 is 2.69 bits per heavy atom. The highest BCUT2D eigenvalue weighted by Crippen LogP contribution is 2.41. The first-order chi connectivity index (χ1) is 14.0. The zero-order valence-electron chi connectivity index (χ0n) is 17.1. The van der Waals surface area contributed by atoms with Gasteiger partial charge in [0.05, 0.1) is 18.2 Å². The summed E-state index contributed by atoms with van der Waals surface area (Å²) < 4.78 is 7.06. The summed E-state index contributed by atoms with van der Waals surface area (Å²) in [5, 5.41) is 19.4. The number of hydrogen-bond donors (Lipinski definition) is 1. The standard InChI is InChI=1S/C21H29N5O3/c1-24-14-16(13-23-24)18-11-20(26(27)28)21(29-2)12-19(18)25-8-5-15(6-9-25)10-17-4-3-7-22-17/h11-15,17,22H,3-10H2,1-2H3. The monoisotopic (exact) mass is 399 g/mol. The predicted molar refractivity (Wildman–Crippen MR) is 112 cm³/mol. The summed E-state index contributed by atoms with van der Waals surface area (Å²) in [6, 6.07) is 4.12. The molecule has 0 saturated carbocycles. The number of nitro benzene ring substituents is 1. The van der Waals surface area contributed by atoms with E-state index in [-0.39, 0.29) is 10.6 Å². The van der Waals surface area contributed by atoms with E-state index in [0.29, 0.717) is 11.8 Å². The van der Waals surface area contributed by atoms with Crippen molar-refractivity contribution in [3.8, 4) is 16.9 Å². The second-order valence-corrected chi connectivity index (χ2v) is 8.16. The fourth-order valence-electron chi connectivity index (χ4n) is 4.69. The van der Waals surface area contributed by atoms with Crippen molar-refractivity contribution in [2.24, 2.45) is 13.0 Å². The van der Waals surface area contributed by atoms with Crippen LogP contribution in [0, 0.1) is 16.0 Å². The van der Waals surface area contributed by atoms with Gasteiger partial charge < -0.3 is 15.0 Å². The van der Waals surface area contributed by atoms with Crippen LogP contribution in [-0.2, 0) is 7.05 Å². The molecule has 8 nitrogen and oxygen atoms in total. The Kier molecular flexibility index (Phi) is 5.71. The molecule has 2 saturated heterocycles. The van der Waals surface area contributed by atoms with Gasteiger partial charge >= 0.3 is 5.69 Å². The maximum absolute atomic E-state index is 11.5. The van der Waals surface area contributed by atoms with Crippen molar-refractivity contribution in [2.45, 2.75) is 38.1 Å². The van der Waals surface area contributed by atoms with Crippen LogP contribution in [0.15, 0.2) is 24.5 Å². The van der Waals surface area contributed by atoms with E-state index in [0.717, 1.165) is 55.2 Å². The van der Waals surface area contributed by atoms with E-state index >= 15 is 0 Å². The zero-order chi connectivity index (χ0) is 20.4. The first-order valence-electron chi connectivity index (χ1n) is 10.4. The summed E-state index contributed by atoms with van der Waals surface area (Å²) in [5.74, 6) is 1.04. The van der Waals surface area contributed by atoms with Gasteiger partial charge in [0, 0.05) is 61.3 Å². The third-order valence-electron chi connectivity index (χ3n) is 6.25. The SMILES string of the molecule is COc1cc(N2CCC(CC3CCCN3)CC2)c(-c2cnn(C)c2)cc1[N+](=O)[O-]. The Hall–Kier alpha value is -2.61. The van der Waals surface area contributed by atoms with Crippen molar-refractivity contribution < 1.29 is 9.66 Å². The number of rotatable bonds is 6. The molecule has 1 aromatic heterocycles. The van der Waals surface area contributed by atoms with E-state index in [1.165, 1.54) is 26.4 Å². The van der Waals surface area contributed by atoms with Gasteiger partial charge in [-0.15, -0.1) is 0 Å². The Balaban J connectivity index is 1.59. The minimum absolute atomic E-state index is 0.0164. The lowest BCUT2D eigenvalue weighted by Crippen LogP contribution is -2.36. The minimum atomic E-state index is -0.386. The molecule has 1 atom stereocenters. The molecule has 2 aliphatic rings. The van der Waals surface area contributed by atoms with Gasteiger partial charge in [0.1, 0.15) is 0 Å². The molecular formula is C21H29N5O3. The van der Waals surface area contributed by atoms with Crippen molar-refractivity contribution >= 4 is 11.4 Å². The normalized spacial score (nSPS) is 20.2. The summed E-state index contributed by atoms with van der Waals surface area (Å²) >= 11 is 0. The maximum atomic E-state index is 11.5. The molecule has 29 heavy (non-hydrogen) atoms. The number of nitrogens with one attached hydrogen (secondary N) is 1. The molecule has 0 radical (unpaired) electrons. The van der Waals surface area contributed by atoms with Crippen LogP contribution in [0.3, 0.4) is 0 Å². The van der Waals surface area contributed by atoms with E-state index in [2.05, 4.69) is 15.3 Å². The van der Waals surface area contributed by atoms with Crippen LogP contribution in [0.4, 0.5) is 11.4 Å². The van der Waals surface area contributed by atoms with E-state index < -0.39 is 0 Å². The highest BCUT2D eigenvalue weighted by atomic mass is 16.6. The van der Waals surface area contributed by atoms with Crippen molar-refractivity contribution in [3.05, 3.63) is 34.6 Å².